The lowest BCUT2D eigenvalue weighted by Crippen LogP contribution is -2.38. The van der Waals surface area contributed by atoms with E-state index in [2.05, 4.69) is 33.1 Å². The van der Waals surface area contributed by atoms with E-state index in [4.69, 9.17) is 0 Å². The lowest BCUT2D eigenvalue weighted by atomic mass is 9.76. The van der Waals surface area contributed by atoms with Crippen molar-refractivity contribution >= 4 is 0 Å². The molecule has 0 radical (unpaired) electrons. The predicted molar refractivity (Wildman–Crippen MR) is 58.9 cm³/mol. The number of rotatable bonds is 4. The van der Waals surface area contributed by atoms with Crippen LogP contribution in [0.5, 0.6) is 0 Å². The molecule has 13 heavy (non-hydrogen) atoms. The highest BCUT2D eigenvalue weighted by Gasteiger charge is 2.38. The molecule has 2 unspecified atom stereocenters. The topological polar surface area (TPSA) is 12.0 Å². The molecule has 0 aromatic carbocycles. The van der Waals surface area contributed by atoms with Gasteiger partial charge in [0.25, 0.3) is 0 Å². The molecule has 78 valence electrons. The van der Waals surface area contributed by atoms with E-state index in [1.165, 1.54) is 32.1 Å². The van der Waals surface area contributed by atoms with Crippen molar-refractivity contribution < 1.29 is 0 Å². The van der Waals surface area contributed by atoms with Crippen molar-refractivity contribution in [3.63, 3.8) is 0 Å². The van der Waals surface area contributed by atoms with Gasteiger partial charge in [0, 0.05) is 6.04 Å². The first-order valence-electron chi connectivity index (χ1n) is 5.79. The van der Waals surface area contributed by atoms with Gasteiger partial charge in [0.2, 0.25) is 0 Å². The molecule has 0 bridgehead atoms. The zero-order valence-electron chi connectivity index (χ0n) is 9.69. The van der Waals surface area contributed by atoms with Crippen LogP contribution in [0.4, 0.5) is 0 Å². The minimum Gasteiger partial charge on any atom is -0.317 e. The third-order valence-electron chi connectivity index (χ3n) is 3.80. The Kier molecular flexibility index (Phi) is 3.78. The Balaban J connectivity index is 2.57. The van der Waals surface area contributed by atoms with Crippen molar-refractivity contribution in [2.75, 3.05) is 7.05 Å². The van der Waals surface area contributed by atoms with Crippen LogP contribution in [0.2, 0.25) is 0 Å². The molecule has 2 atom stereocenters. The first kappa shape index (κ1) is 11.0. The van der Waals surface area contributed by atoms with Crippen LogP contribution in [0.1, 0.15) is 52.9 Å². The molecule has 0 spiro atoms. The maximum absolute atomic E-state index is 3.50. The Bertz CT molecular complexity index is 151. The van der Waals surface area contributed by atoms with Gasteiger partial charge in [-0.15, -0.1) is 0 Å². The lowest BCUT2D eigenvalue weighted by molar-refractivity contribution is 0.195. The first-order chi connectivity index (χ1) is 6.11. The Hall–Kier alpha value is -0.0400. The highest BCUT2D eigenvalue weighted by molar-refractivity contribution is 4.91. The molecular formula is C12H25N. The molecular weight excluding hydrogens is 158 g/mol. The average molecular weight is 183 g/mol. The summed E-state index contributed by atoms with van der Waals surface area (Å²) in [6.45, 7) is 7.15. The molecule has 0 heterocycles. The fraction of sp³-hybridized carbons (Fsp3) is 1.00. The van der Waals surface area contributed by atoms with Crippen LogP contribution < -0.4 is 5.32 Å². The van der Waals surface area contributed by atoms with Gasteiger partial charge in [0.1, 0.15) is 0 Å². The number of hydrogen-bond donors (Lipinski definition) is 1. The maximum atomic E-state index is 3.50. The van der Waals surface area contributed by atoms with Gasteiger partial charge in [-0.05, 0) is 37.6 Å². The third-order valence-corrected chi connectivity index (χ3v) is 3.80. The van der Waals surface area contributed by atoms with Crippen molar-refractivity contribution in [3.05, 3.63) is 0 Å². The summed E-state index contributed by atoms with van der Waals surface area (Å²) in [5.41, 5.74) is 0.572. The molecule has 1 heteroatoms. The molecule has 1 nitrogen and oxygen atoms in total. The highest BCUT2D eigenvalue weighted by Crippen LogP contribution is 2.45. The standard InChI is InChI=1S/C12H25N/c1-5-7-11(13-4)10-8-6-9-12(10,2)3/h10-11,13H,5-9H2,1-4H3. The van der Waals surface area contributed by atoms with Crippen LogP contribution in [0, 0.1) is 11.3 Å². The molecule has 1 aliphatic carbocycles. The van der Waals surface area contributed by atoms with Gasteiger partial charge in [0.15, 0.2) is 0 Å². The van der Waals surface area contributed by atoms with Gasteiger partial charge in [0.05, 0.1) is 0 Å². The summed E-state index contributed by atoms with van der Waals surface area (Å²) in [5, 5.41) is 3.50. The quantitative estimate of drug-likeness (QED) is 0.706. The third kappa shape index (κ3) is 2.46. The Labute approximate surface area is 83.3 Å². The van der Waals surface area contributed by atoms with Crippen molar-refractivity contribution in [2.24, 2.45) is 11.3 Å². The maximum Gasteiger partial charge on any atom is 0.00973 e. The van der Waals surface area contributed by atoms with E-state index in [1.807, 2.05) is 0 Å². The van der Waals surface area contributed by atoms with E-state index in [1.54, 1.807) is 0 Å². The monoisotopic (exact) mass is 183 g/mol. The van der Waals surface area contributed by atoms with E-state index >= 15 is 0 Å². The van der Waals surface area contributed by atoms with E-state index in [0.717, 1.165) is 12.0 Å². The van der Waals surface area contributed by atoms with Crippen LogP contribution in [-0.2, 0) is 0 Å². The van der Waals surface area contributed by atoms with Crippen molar-refractivity contribution in [1.29, 1.82) is 0 Å². The predicted octanol–water partition coefficient (Wildman–Crippen LogP) is 3.20. The Morgan fingerprint density at radius 3 is 2.54 bits per heavy atom. The second kappa shape index (κ2) is 4.45. The smallest absolute Gasteiger partial charge is 0.00973 e. The molecule has 0 saturated heterocycles. The van der Waals surface area contributed by atoms with Crippen molar-refractivity contribution in [2.45, 2.75) is 58.9 Å². The SMILES string of the molecule is CCCC(NC)C1CCCC1(C)C. The molecule has 0 aliphatic heterocycles. The van der Waals surface area contributed by atoms with Crippen LogP contribution in [0.15, 0.2) is 0 Å². The normalized spacial score (nSPS) is 29.1. The van der Waals surface area contributed by atoms with Gasteiger partial charge in [-0.25, -0.2) is 0 Å². The van der Waals surface area contributed by atoms with Crippen LogP contribution in [0.3, 0.4) is 0 Å². The van der Waals surface area contributed by atoms with E-state index in [-0.39, 0.29) is 0 Å². The molecule has 1 fully saturated rings. The van der Waals surface area contributed by atoms with Crippen molar-refractivity contribution in [3.8, 4) is 0 Å². The van der Waals surface area contributed by atoms with Gasteiger partial charge in [-0.3, -0.25) is 0 Å². The number of nitrogens with one attached hydrogen (secondary N) is 1. The molecule has 0 aromatic heterocycles. The molecule has 1 rings (SSSR count). The molecule has 1 saturated carbocycles. The largest absolute Gasteiger partial charge is 0.317 e. The van der Waals surface area contributed by atoms with Gasteiger partial charge < -0.3 is 5.32 Å². The first-order valence-corrected chi connectivity index (χ1v) is 5.79. The summed E-state index contributed by atoms with van der Waals surface area (Å²) in [6.07, 6.45) is 6.92. The zero-order chi connectivity index (χ0) is 9.90. The number of hydrogen-bond acceptors (Lipinski definition) is 1. The van der Waals surface area contributed by atoms with E-state index in [0.29, 0.717) is 5.41 Å². The van der Waals surface area contributed by atoms with Crippen molar-refractivity contribution in [1.82, 2.24) is 5.32 Å². The lowest BCUT2D eigenvalue weighted by Gasteiger charge is -2.34. The average Bonchev–Trinajstić information content (AvgIpc) is 2.41. The van der Waals surface area contributed by atoms with Gasteiger partial charge in [-0.2, -0.15) is 0 Å². The highest BCUT2D eigenvalue weighted by atomic mass is 14.9. The minimum atomic E-state index is 0.572. The van der Waals surface area contributed by atoms with Crippen LogP contribution in [0.25, 0.3) is 0 Å². The van der Waals surface area contributed by atoms with E-state index < -0.39 is 0 Å². The Morgan fingerprint density at radius 2 is 2.15 bits per heavy atom. The Morgan fingerprint density at radius 1 is 1.46 bits per heavy atom. The van der Waals surface area contributed by atoms with Crippen LogP contribution in [-0.4, -0.2) is 13.1 Å². The second-order valence-corrected chi connectivity index (χ2v) is 5.17. The summed E-state index contributed by atoms with van der Waals surface area (Å²) in [4.78, 5) is 0. The fourth-order valence-electron chi connectivity index (χ4n) is 2.96. The molecule has 1 aliphatic rings. The van der Waals surface area contributed by atoms with E-state index in [9.17, 15) is 0 Å². The summed E-state index contributed by atoms with van der Waals surface area (Å²) in [6, 6.07) is 0.752. The van der Waals surface area contributed by atoms with Crippen LogP contribution >= 0.6 is 0 Å². The molecule has 0 aromatic rings. The fourth-order valence-corrected chi connectivity index (χ4v) is 2.96. The summed E-state index contributed by atoms with van der Waals surface area (Å²) < 4.78 is 0. The summed E-state index contributed by atoms with van der Waals surface area (Å²) in [5.74, 6) is 0.900. The molecule has 1 N–H and O–H groups in total. The summed E-state index contributed by atoms with van der Waals surface area (Å²) >= 11 is 0. The molecule has 0 amide bonds. The second-order valence-electron chi connectivity index (χ2n) is 5.17. The minimum absolute atomic E-state index is 0.572. The summed E-state index contributed by atoms with van der Waals surface area (Å²) in [7, 11) is 2.12. The van der Waals surface area contributed by atoms with Gasteiger partial charge >= 0.3 is 0 Å². The zero-order valence-corrected chi connectivity index (χ0v) is 9.69. The van der Waals surface area contributed by atoms with Gasteiger partial charge in [-0.1, -0.05) is 33.6 Å².